The average Bonchev–Trinajstić information content (AvgIpc) is 2.26. The molecule has 0 fully saturated rings. The highest BCUT2D eigenvalue weighted by Crippen LogP contribution is 2.13. The molecule has 15 heavy (non-hydrogen) atoms. The van der Waals surface area contributed by atoms with Gasteiger partial charge in [0.2, 0.25) is 12.3 Å². The Bertz CT molecular complexity index is 338. The maximum Gasteiger partial charge on any atom is 0.238 e. The number of hydrogen-bond donors (Lipinski definition) is 0. The van der Waals surface area contributed by atoms with Crippen molar-refractivity contribution in [1.82, 2.24) is 5.01 Å². The van der Waals surface area contributed by atoms with E-state index in [9.17, 15) is 9.59 Å². The summed E-state index contributed by atoms with van der Waals surface area (Å²) in [5.41, 5.74) is 0.685. The van der Waals surface area contributed by atoms with Gasteiger partial charge in [-0.25, -0.2) is 10.0 Å². The molecule has 0 radical (unpaired) electrons. The number of carbonyl (C=O) groups excluding carboxylic acids is 2. The minimum absolute atomic E-state index is 0.159. The number of benzene rings is 1. The Hall–Kier alpha value is -1.84. The van der Waals surface area contributed by atoms with Crippen LogP contribution in [0, 0.1) is 0 Å². The second kappa shape index (κ2) is 5.14. The number of anilines is 1. The van der Waals surface area contributed by atoms with E-state index in [1.807, 2.05) is 25.1 Å². The number of hydrazine groups is 1. The molecule has 0 spiro atoms. The zero-order valence-corrected chi connectivity index (χ0v) is 8.88. The van der Waals surface area contributed by atoms with E-state index in [0.29, 0.717) is 18.6 Å². The second-order valence-corrected chi connectivity index (χ2v) is 3.02. The average molecular weight is 206 g/mol. The predicted octanol–water partition coefficient (Wildman–Crippen LogP) is 1.43. The first kappa shape index (κ1) is 11.2. The molecule has 0 atom stereocenters. The van der Waals surface area contributed by atoms with Crippen molar-refractivity contribution in [2.75, 3.05) is 11.6 Å². The molecule has 80 valence electrons. The Kier molecular flexibility index (Phi) is 3.85. The number of amides is 2. The van der Waals surface area contributed by atoms with Crippen LogP contribution >= 0.6 is 0 Å². The van der Waals surface area contributed by atoms with Gasteiger partial charge in [0.25, 0.3) is 0 Å². The summed E-state index contributed by atoms with van der Waals surface area (Å²) in [4.78, 5) is 22.2. The Morgan fingerprint density at radius 1 is 1.33 bits per heavy atom. The monoisotopic (exact) mass is 206 g/mol. The molecule has 0 bridgehead atoms. The summed E-state index contributed by atoms with van der Waals surface area (Å²) >= 11 is 0. The molecule has 0 saturated heterocycles. The number of para-hydroxylation sites is 1. The zero-order valence-electron chi connectivity index (χ0n) is 8.88. The van der Waals surface area contributed by atoms with Crippen molar-refractivity contribution in [3.63, 3.8) is 0 Å². The van der Waals surface area contributed by atoms with Crippen LogP contribution in [0.1, 0.15) is 13.8 Å². The normalized spacial score (nSPS) is 9.47. The standard InChI is InChI=1S/C11H14N2O2/c1-3-12(10(2)15)13(9-14)11-7-5-4-6-8-11/h4-9H,3H2,1-2H3. The van der Waals surface area contributed by atoms with Crippen molar-refractivity contribution in [2.45, 2.75) is 13.8 Å². The molecule has 1 aromatic rings. The molecule has 0 aliphatic heterocycles. The SMILES string of the molecule is CCN(C(C)=O)N(C=O)c1ccccc1. The van der Waals surface area contributed by atoms with Gasteiger partial charge in [-0.2, -0.15) is 0 Å². The third kappa shape index (κ3) is 2.56. The lowest BCUT2D eigenvalue weighted by molar-refractivity contribution is -0.131. The number of nitrogens with zero attached hydrogens (tertiary/aromatic N) is 2. The molecule has 4 nitrogen and oxygen atoms in total. The molecular weight excluding hydrogens is 192 g/mol. The summed E-state index contributed by atoms with van der Waals surface area (Å²) < 4.78 is 0. The molecule has 4 heteroatoms. The van der Waals surface area contributed by atoms with E-state index in [-0.39, 0.29) is 5.91 Å². The fourth-order valence-corrected chi connectivity index (χ4v) is 1.36. The van der Waals surface area contributed by atoms with Gasteiger partial charge in [0.15, 0.2) is 0 Å². The van der Waals surface area contributed by atoms with Crippen molar-refractivity contribution in [3.8, 4) is 0 Å². The van der Waals surface area contributed by atoms with Crippen LogP contribution in [0.25, 0.3) is 0 Å². The van der Waals surface area contributed by atoms with Crippen LogP contribution in [-0.4, -0.2) is 23.9 Å². The molecule has 0 N–H and O–H groups in total. The summed E-state index contributed by atoms with van der Waals surface area (Å²) in [5, 5.41) is 2.69. The first-order valence-corrected chi connectivity index (χ1v) is 4.78. The van der Waals surface area contributed by atoms with Crippen LogP contribution in [-0.2, 0) is 9.59 Å². The smallest absolute Gasteiger partial charge is 0.238 e. The predicted molar refractivity (Wildman–Crippen MR) is 58.0 cm³/mol. The number of carbonyl (C=O) groups is 2. The highest BCUT2D eigenvalue weighted by Gasteiger charge is 2.15. The van der Waals surface area contributed by atoms with Gasteiger partial charge in [0.1, 0.15) is 0 Å². The lowest BCUT2D eigenvalue weighted by atomic mass is 10.3. The molecule has 2 amide bonds. The van der Waals surface area contributed by atoms with E-state index in [1.54, 1.807) is 12.1 Å². The summed E-state index contributed by atoms with van der Waals surface area (Å²) in [6, 6.07) is 9.05. The highest BCUT2D eigenvalue weighted by atomic mass is 16.2. The van der Waals surface area contributed by atoms with Crippen LogP contribution in [0.5, 0.6) is 0 Å². The summed E-state index contributed by atoms with van der Waals surface area (Å²) in [7, 11) is 0. The molecule has 0 aliphatic carbocycles. The summed E-state index contributed by atoms with van der Waals surface area (Å²) in [6.07, 6.45) is 0.639. The van der Waals surface area contributed by atoms with Crippen molar-refractivity contribution in [2.24, 2.45) is 0 Å². The van der Waals surface area contributed by atoms with Crippen molar-refractivity contribution in [1.29, 1.82) is 0 Å². The van der Waals surface area contributed by atoms with Gasteiger partial charge in [0.05, 0.1) is 5.69 Å². The maximum absolute atomic E-state index is 11.3. The van der Waals surface area contributed by atoms with Crippen LogP contribution in [0.15, 0.2) is 30.3 Å². The minimum atomic E-state index is -0.159. The van der Waals surface area contributed by atoms with Gasteiger partial charge in [-0.3, -0.25) is 9.59 Å². The molecule has 1 aromatic carbocycles. The number of hydrogen-bond acceptors (Lipinski definition) is 2. The summed E-state index contributed by atoms with van der Waals surface area (Å²) in [6.45, 7) is 3.72. The van der Waals surface area contributed by atoms with Gasteiger partial charge in [0, 0.05) is 13.5 Å². The molecule has 0 aliphatic rings. The molecule has 0 unspecified atom stereocenters. The fourth-order valence-electron chi connectivity index (χ4n) is 1.36. The Labute approximate surface area is 89.1 Å². The fraction of sp³-hybridized carbons (Fsp3) is 0.273. The Morgan fingerprint density at radius 2 is 1.93 bits per heavy atom. The van der Waals surface area contributed by atoms with Gasteiger partial charge in [-0.05, 0) is 19.1 Å². The Morgan fingerprint density at radius 3 is 2.33 bits per heavy atom. The lowest BCUT2D eigenvalue weighted by Gasteiger charge is -2.29. The van der Waals surface area contributed by atoms with Crippen LogP contribution in [0.3, 0.4) is 0 Å². The minimum Gasteiger partial charge on any atom is -0.276 e. The number of rotatable bonds is 4. The van der Waals surface area contributed by atoms with Crippen molar-refractivity contribution in [3.05, 3.63) is 30.3 Å². The topological polar surface area (TPSA) is 40.6 Å². The molecule has 0 saturated carbocycles. The third-order valence-corrected chi connectivity index (χ3v) is 2.04. The first-order valence-electron chi connectivity index (χ1n) is 4.78. The van der Waals surface area contributed by atoms with Gasteiger partial charge in [-0.15, -0.1) is 0 Å². The molecule has 0 aromatic heterocycles. The van der Waals surface area contributed by atoms with E-state index in [0.717, 1.165) is 0 Å². The van der Waals surface area contributed by atoms with E-state index in [1.165, 1.54) is 16.9 Å². The maximum atomic E-state index is 11.3. The van der Waals surface area contributed by atoms with Crippen LogP contribution in [0.4, 0.5) is 5.69 Å². The van der Waals surface area contributed by atoms with Crippen molar-refractivity contribution >= 4 is 18.0 Å². The summed E-state index contributed by atoms with van der Waals surface area (Å²) in [5.74, 6) is -0.159. The molecule has 1 rings (SSSR count). The molecule has 0 heterocycles. The van der Waals surface area contributed by atoms with E-state index in [2.05, 4.69) is 0 Å². The highest BCUT2D eigenvalue weighted by molar-refractivity contribution is 5.83. The third-order valence-electron chi connectivity index (χ3n) is 2.04. The lowest BCUT2D eigenvalue weighted by Crippen LogP contribution is -2.44. The van der Waals surface area contributed by atoms with Gasteiger partial charge >= 0.3 is 0 Å². The van der Waals surface area contributed by atoms with Crippen molar-refractivity contribution < 1.29 is 9.59 Å². The quantitative estimate of drug-likeness (QED) is 0.552. The first-order chi connectivity index (χ1) is 7.20. The second-order valence-electron chi connectivity index (χ2n) is 3.02. The van der Waals surface area contributed by atoms with Crippen LogP contribution in [0.2, 0.25) is 0 Å². The van der Waals surface area contributed by atoms with E-state index >= 15 is 0 Å². The molecular formula is C11H14N2O2. The van der Waals surface area contributed by atoms with Gasteiger partial charge in [-0.1, -0.05) is 18.2 Å². The van der Waals surface area contributed by atoms with Crippen LogP contribution < -0.4 is 5.01 Å². The zero-order chi connectivity index (χ0) is 11.3. The van der Waals surface area contributed by atoms with Gasteiger partial charge < -0.3 is 0 Å². The van der Waals surface area contributed by atoms with E-state index < -0.39 is 0 Å². The largest absolute Gasteiger partial charge is 0.276 e. The van der Waals surface area contributed by atoms with E-state index in [4.69, 9.17) is 0 Å². The Balaban J connectivity index is 2.97.